The van der Waals surface area contributed by atoms with Crippen molar-refractivity contribution in [1.82, 2.24) is 9.80 Å². The number of thioether (sulfide) groups is 1. The standard InChI is InChI=1S/C18H27N3OS/c1-13-15(7-4-8-17(13)23-3)19-18(22)21-11-9-16-14(12-21)6-5-10-20(16)2/h4,7-8,14,16H,5-6,9-12H2,1-3H3,(H,19,22)/t14-,16-/m0/s1. The predicted octanol–water partition coefficient (Wildman–Crippen LogP) is 3.66. The number of anilines is 1. The summed E-state index contributed by atoms with van der Waals surface area (Å²) < 4.78 is 0. The van der Waals surface area contributed by atoms with Crippen LogP contribution in [0, 0.1) is 12.8 Å². The van der Waals surface area contributed by atoms with Crippen molar-refractivity contribution in [2.45, 2.75) is 37.1 Å². The van der Waals surface area contributed by atoms with Crippen LogP contribution in [0.15, 0.2) is 23.1 Å². The Labute approximate surface area is 143 Å². The molecule has 2 atom stereocenters. The van der Waals surface area contributed by atoms with Gasteiger partial charge in [-0.3, -0.25) is 0 Å². The van der Waals surface area contributed by atoms with Crippen LogP contribution in [0.2, 0.25) is 0 Å². The average molecular weight is 334 g/mol. The minimum Gasteiger partial charge on any atom is -0.324 e. The van der Waals surface area contributed by atoms with Crippen molar-refractivity contribution < 1.29 is 4.79 Å². The first-order valence-electron chi connectivity index (χ1n) is 8.50. The zero-order chi connectivity index (χ0) is 16.4. The van der Waals surface area contributed by atoms with Crippen LogP contribution in [0.4, 0.5) is 10.5 Å². The second-order valence-corrected chi connectivity index (χ2v) is 7.60. The highest BCUT2D eigenvalue weighted by Gasteiger charge is 2.35. The summed E-state index contributed by atoms with van der Waals surface area (Å²) in [6, 6.07) is 6.82. The lowest BCUT2D eigenvalue weighted by Gasteiger charge is -2.45. The van der Waals surface area contributed by atoms with Crippen molar-refractivity contribution in [1.29, 1.82) is 0 Å². The number of nitrogens with one attached hydrogen (secondary N) is 1. The molecule has 0 aromatic heterocycles. The van der Waals surface area contributed by atoms with Crippen LogP contribution >= 0.6 is 11.8 Å². The number of benzene rings is 1. The molecule has 1 aromatic carbocycles. The van der Waals surface area contributed by atoms with Crippen molar-refractivity contribution in [3.05, 3.63) is 23.8 Å². The first-order valence-corrected chi connectivity index (χ1v) is 9.72. The number of urea groups is 1. The Balaban J connectivity index is 1.65. The number of rotatable bonds is 2. The van der Waals surface area contributed by atoms with Gasteiger partial charge in [0.2, 0.25) is 0 Å². The number of fused-ring (bicyclic) bond motifs is 1. The van der Waals surface area contributed by atoms with Crippen LogP contribution in [0.3, 0.4) is 0 Å². The molecule has 0 spiro atoms. The van der Waals surface area contributed by atoms with Crippen LogP contribution in [0.5, 0.6) is 0 Å². The van der Waals surface area contributed by atoms with E-state index in [-0.39, 0.29) is 6.03 Å². The lowest BCUT2D eigenvalue weighted by Crippen LogP contribution is -2.54. The fourth-order valence-corrected chi connectivity index (χ4v) is 4.63. The van der Waals surface area contributed by atoms with Gasteiger partial charge in [-0.25, -0.2) is 4.79 Å². The maximum atomic E-state index is 12.7. The summed E-state index contributed by atoms with van der Waals surface area (Å²) >= 11 is 1.72. The van der Waals surface area contributed by atoms with E-state index in [4.69, 9.17) is 0 Å². The third kappa shape index (κ3) is 3.50. The molecule has 2 aliphatic heterocycles. The molecule has 4 nitrogen and oxygen atoms in total. The number of piperidine rings is 2. The van der Waals surface area contributed by atoms with Gasteiger partial charge in [0, 0.05) is 29.7 Å². The van der Waals surface area contributed by atoms with Gasteiger partial charge in [0.05, 0.1) is 0 Å². The van der Waals surface area contributed by atoms with Gasteiger partial charge in [-0.15, -0.1) is 11.8 Å². The van der Waals surface area contributed by atoms with Crippen LogP contribution in [-0.4, -0.2) is 54.8 Å². The van der Waals surface area contributed by atoms with Crippen molar-refractivity contribution in [2.24, 2.45) is 5.92 Å². The molecule has 1 N–H and O–H groups in total. The predicted molar refractivity (Wildman–Crippen MR) is 97.3 cm³/mol. The van der Waals surface area contributed by atoms with E-state index in [1.165, 1.54) is 24.3 Å². The molecule has 0 bridgehead atoms. The number of amides is 2. The second-order valence-electron chi connectivity index (χ2n) is 6.75. The number of carbonyl (C=O) groups excluding carboxylic acids is 1. The van der Waals surface area contributed by atoms with Gasteiger partial charge in [0.25, 0.3) is 0 Å². The summed E-state index contributed by atoms with van der Waals surface area (Å²) in [5.41, 5.74) is 2.09. The lowest BCUT2D eigenvalue weighted by molar-refractivity contribution is 0.0542. The fraction of sp³-hybridized carbons (Fsp3) is 0.611. The molecule has 2 amide bonds. The molecular weight excluding hydrogens is 306 g/mol. The quantitative estimate of drug-likeness (QED) is 0.839. The zero-order valence-electron chi connectivity index (χ0n) is 14.3. The summed E-state index contributed by atoms with van der Waals surface area (Å²) in [7, 11) is 2.23. The molecular formula is C18H27N3OS. The molecule has 0 unspecified atom stereocenters. The minimum absolute atomic E-state index is 0.0537. The highest BCUT2D eigenvalue weighted by atomic mass is 32.2. The van der Waals surface area contributed by atoms with Crippen LogP contribution in [0.1, 0.15) is 24.8 Å². The molecule has 126 valence electrons. The molecule has 2 heterocycles. The lowest BCUT2D eigenvalue weighted by atomic mass is 9.84. The van der Waals surface area contributed by atoms with Crippen molar-refractivity contribution in [3.8, 4) is 0 Å². The Hall–Kier alpha value is -1.20. The van der Waals surface area contributed by atoms with Crippen molar-refractivity contribution in [2.75, 3.05) is 38.3 Å². The topological polar surface area (TPSA) is 35.6 Å². The Morgan fingerprint density at radius 3 is 2.91 bits per heavy atom. The number of likely N-dealkylation sites (tertiary alicyclic amines) is 2. The van der Waals surface area contributed by atoms with Gasteiger partial charge < -0.3 is 15.1 Å². The fourth-order valence-electron chi connectivity index (χ4n) is 4.00. The molecule has 3 rings (SSSR count). The maximum Gasteiger partial charge on any atom is 0.321 e. The maximum absolute atomic E-state index is 12.7. The molecule has 0 radical (unpaired) electrons. The molecule has 1 aromatic rings. The first kappa shape index (κ1) is 16.7. The van der Waals surface area contributed by atoms with Gasteiger partial charge in [-0.1, -0.05) is 6.07 Å². The Bertz CT molecular complexity index is 577. The summed E-state index contributed by atoms with van der Waals surface area (Å²) in [6.45, 7) is 5.03. The third-order valence-corrected chi connectivity index (χ3v) is 6.26. The molecule has 2 fully saturated rings. The van der Waals surface area contributed by atoms with E-state index in [1.807, 2.05) is 17.0 Å². The molecule has 0 aliphatic carbocycles. The van der Waals surface area contributed by atoms with E-state index in [1.54, 1.807) is 11.8 Å². The monoisotopic (exact) mass is 333 g/mol. The smallest absolute Gasteiger partial charge is 0.321 e. The summed E-state index contributed by atoms with van der Waals surface area (Å²) in [6.07, 6.45) is 5.67. The Morgan fingerprint density at radius 1 is 1.30 bits per heavy atom. The highest BCUT2D eigenvalue weighted by molar-refractivity contribution is 7.98. The van der Waals surface area contributed by atoms with Crippen molar-refractivity contribution in [3.63, 3.8) is 0 Å². The third-order valence-electron chi connectivity index (χ3n) is 5.38. The number of nitrogens with zero attached hydrogens (tertiary/aromatic N) is 2. The van der Waals surface area contributed by atoms with Crippen LogP contribution in [0.25, 0.3) is 0 Å². The average Bonchev–Trinajstić information content (AvgIpc) is 2.56. The highest BCUT2D eigenvalue weighted by Crippen LogP contribution is 2.30. The van der Waals surface area contributed by atoms with E-state index < -0.39 is 0 Å². The van der Waals surface area contributed by atoms with Gasteiger partial charge in [0.1, 0.15) is 0 Å². The zero-order valence-corrected chi connectivity index (χ0v) is 15.2. The largest absolute Gasteiger partial charge is 0.324 e. The molecule has 2 saturated heterocycles. The normalized spacial score (nSPS) is 25.1. The van der Waals surface area contributed by atoms with Gasteiger partial charge >= 0.3 is 6.03 Å². The summed E-state index contributed by atoms with van der Waals surface area (Å²) in [5, 5.41) is 3.12. The second kappa shape index (κ2) is 7.14. The number of hydrogen-bond donors (Lipinski definition) is 1. The van der Waals surface area contributed by atoms with E-state index in [0.717, 1.165) is 30.8 Å². The van der Waals surface area contributed by atoms with Gasteiger partial charge in [-0.2, -0.15) is 0 Å². The summed E-state index contributed by atoms with van der Waals surface area (Å²) in [4.78, 5) is 18.4. The van der Waals surface area contributed by atoms with Crippen LogP contribution in [-0.2, 0) is 0 Å². The van der Waals surface area contributed by atoms with E-state index in [0.29, 0.717) is 12.0 Å². The molecule has 0 saturated carbocycles. The molecule has 5 heteroatoms. The molecule has 2 aliphatic rings. The Kier molecular flexibility index (Phi) is 5.17. The molecule has 23 heavy (non-hydrogen) atoms. The van der Waals surface area contributed by atoms with Gasteiger partial charge in [-0.05, 0) is 69.6 Å². The van der Waals surface area contributed by atoms with Crippen molar-refractivity contribution >= 4 is 23.5 Å². The number of carbonyl (C=O) groups is 1. The van der Waals surface area contributed by atoms with E-state index >= 15 is 0 Å². The first-order chi connectivity index (χ1) is 11.1. The van der Waals surface area contributed by atoms with Crippen LogP contribution < -0.4 is 5.32 Å². The van der Waals surface area contributed by atoms with E-state index in [2.05, 4.69) is 36.5 Å². The van der Waals surface area contributed by atoms with Gasteiger partial charge in [0.15, 0.2) is 0 Å². The van der Waals surface area contributed by atoms with E-state index in [9.17, 15) is 4.79 Å². The number of hydrogen-bond acceptors (Lipinski definition) is 3. The SMILES string of the molecule is CSc1cccc(NC(=O)N2CC[C@H]3[C@@H](CCCN3C)C2)c1C. The summed E-state index contributed by atoms with van der Waals surface area (Å²) in [5.74, 6) is 0.631. The Morgan fingerprint density at radius 2 is 2.13 bits per heavy atom. The minimum atomic E-state index is 0.0537.